The molecule has 0 spiro atoms. The third kappa shape index (κ3) is 4.49. The van der Waals surface area contributed by atoms with Crippen LogP contribution in [0, 0.1) is 18.3 Å². The highest BCUT2D eigenvalue weighted by Gasteiger charge is 2.35. The Hall–Kier alpha value is -2.79. The second-order valence-corrected chi connectivity index (χ2v) is 6.81. The molecule has 0 aliphatic rings. The Morgan fingerprint density at radius 3 is 2.63 bits per heavy atom. The van der Waals surface area contributed by atoms with Gasteiger partial charge in [-0.15, -0.1) is 0 Å². The van der Waals surface area contributed by atoms with Gasteiger partial charge >= 0.3 is 6.18 Å². The summed E-state index contributed by atoms with van der Waals surface area (Å²) >= 11 is 1.08. The minimum Gasteiger partial charge on any atom is -0.330 e. The van der Waals surface area contributed by atoms with Gasteiger partial charge in [0.1, 0.15) is 16.9 Å². The van der Waals surface area contributed by atoms with Crippen molar-refractivity contribution in [2.24, 2.45) is 0 Å². The second-order valence-electron chi connectivity index (χ2n) is 5.85. The number of alkyl halides is 3. The number of rotatable bonds is 5. The Bertz CT molecular complexity index is 975. The summed E-state index contributed by atoms with van der Waals surface area (Å²) in [4.78, 5) is 8.42. The molecule has 0 unspecified atom stereocenters. The van der Waals surface area contributed by atoms with E-state index < -0.39 is 17.3 Å². The van der Waals surface area contributed by atoms with Crippen molar-refractivity contribution < 1.29 is 13.2 Å². The number of aryl methyl sites for hydroxylation is 1. The summed E-state index contributed by atoms with van der Waals surface area (Å²) in [5, 5.41) is 9.30. The molecule has 4 nitrogen and oxygen atoms in total. The number of thioether (sulfide) groups is 1. The number of nitrogens with zero attached hydrogens (tertiary/aromatic N) is 4. The number of hydrogen-bond acceptors (Lipinski definition) is 4. The third-order valence-electron chi connectivity index (χ3n) is 3.87. The zero-order chi connectivity index (χ0) is 19.4. The summed E-state index contributed by atoms with van der Waals surface area (Å²) < 4.78 is 41.6. The van der Waals surface area contributed by atoms with Gasteiger partial charge in [0.05, 0.1) is 16.9 Å². The van der Waals surface area contributed by atoms with Crippen molar-refractivity contribution in [3.8, 4) is 6.07 Å². The maximum absolute atomic E-state index is 13.2. The molecule has 0 fully saturated rings. The van der Waals surface area contributed by atoms with Gasteiger partial charge in [-0.3, -0.25) is 0 Å². The Morgan fingerprint density at radius 1 is 1.22 bits per heavy atom. The van der Waals surface area contributed by atoms with Crippen LogP contribution in [0.1, 0.15) is 28.2 Å². The van der Waals surface area contributed by atoms with Crippen molar-refractivity contribution >= 4 is 11.8 Å². The van der Waals surface area contributed by atoms with Crippen molar-refractivity contribution in [2.45, 2.75) is 30.4 Å². The number of benzene rings is 1. The minimum atomic E-state index is -4.60. The van der Waals surface area contributed by atoms with Crippen molar-refractivity contribution in [1.82, 2.24) is 14.5 Å². The molecule has 0 aliphatic carbocycles. The summed E-state index contributed by atoms with van der Waals surface area (Å²) in [6.07, 6.45) is -1.13. The molecule has 0 amide bonds. The smallest absolute Gasteiger partial charge is 0.330 e. The number of aromatic nitrogens is 3. The normalized spacial score (nSPS) is 11.4. The van der Waals surface area contributed by atoms with Crippen LogP contribution in [0.15, 0.2) is 53.8 Å². The number of pyridine rings is 1. The zero-order valence-electron chi connectivity index (χ0n) is 14.4. The van der Waals surface area contributed by atoms with E-state index in [2.05, 4.69) is 9.97 Å². The fourth-order valence-electron chi connectivity index (χ4n) is 2.62. The Balaban J connectivity index is 1.83. The molecule has 3 aromatic rings. The molecule has 1 aromatic carbocycles. The standard InChI is InChI=1S/C19H15F3N4S/c1-13-9-16(19(20,21)22)15(10-23)18(25-13)27-12-17-24-7-8-26(17)11-14-5-3-2-4-6-14/h2-9H,11-12H2,1H3. The largest absolute Gasteiger partial charge is 0.417 e. The lowest BCUT2D eigenvalue weighted by Gasteiger charge is -2.13. The molecule has 8 heteroatoms. The summed E-state index contributed by atoms with van der Waals surface area (Å²) in [7, 11) is 0. The fraction of sp³-hybridized carbons (Fsp3) is 0.211. The van der Waals surface area contributed by atoms with Crippen LogP contribution in [0.2, 0.25) is 0 Å². The van der Waals surface area contributed by atoms with E-state index in [4.69, 9.17) is 0 Å². The lowest BCUT2D eigenvalue weighted by atomic mass is 10.1. The van der Waals surface area contributed by atoms with Gasteiger partial charge in [-0.2, -0.15) is 18.4 Å². The third-order valence-corrected chi connectivity index (χ3v) is 4.84. The molecule has 2 heterocycles. The number of imidazole rings is 1. The van der Waals surface area contributed by atoms with Crippen LogP contribution in [0.25, 0.3) is 0 Å². The minimum absolute atomic E-state index is 0.0686. The van der Waals surface area contributed by atoms with E-state index in [-0.39, 0.29) is 10.7 Å². The SMILES string of the molecule is Cc1cc(C(F)(F)F)c(C#N)c(SCc2nccn2Cc2ccccc2)n1. The van der Waals surface area contributed by atoms with E-state index in [1.807, 2.05) is 41.1 Å². The molecule has 3 rings (SSSR count). The monoisotopic (exact) mass is 388 g/mol. The Morgan fingerprint density at radius 2 is 1.96 bits per heavy atom. The first kappa shape index (κ1) is 19.0. The number of halogens is 3. The van der Waals surface area contributed by atoms with Crippen LogP contribution >= 0.6 is 11.8 Å². The molecule has 2 aromatic heterocycles. The van der Waals surface area contributed by atoms with E-state index in [0.717, 1.165) is 23.4 Å². The number of nitriles is 1. The topological polar surface area (TPSA) is 54.5 Å². The van der Waals surface area contributed by atoms with Crippen molar-refractivity contribution in [1.29, 1.82) is 5.26 Å². The van der Waals surface area contributed by atoms with E-state index >= 15 is 0 Å². The van der Waals surface area contributed by atoms with Gasteiger partial charge in [0, 0.05) is 24.6 Å². The highest BCUT2D eigenvalue weighted by Crippen LogP contribution is 2.36. The molecule has 0 aliphatic heterocycles. The van der Waals surface area contributed by atoms with Crippen molar-refractivity contribution in [3.05, 3.63) is 77.0 Å². The van der Waals surface area contributed by atoms with Crippen LogP contribution in [-0.4, -0.2) is 14.5 Å². The van der Waals surface area contributed by atoms with Gasteiger partial charge < -0.3 is 4.57 Å². The molecule has 0 N–H and O–H groups in total. The number of hydrogen-bond donors (Lipinski definition) is 0. The van der Waals surface area contributed by atoms with Crippen LogP contribution in [-0.2, 0) is 18.5 Å². The maximum atomic E-state index is 13.2. The summed E-state index contributed by atoms with van der Waals surface area (Å²) in [6, 6.07) is 12.3. The van der Waals surface area contributed by atoms with E-state index in [1.54, 1.807) is 12.3 Å². The first-order chi connectivity index (χ1) is 12.9. The Kier molecular flexibility index (Phi) is 5.51. The van der Waals surface area contributed by atoms with E-state index in [0.29, 0.717) is 18.1 Å². The molecular formula is C19H15F3N4S. The van der Waals surface area contributed by atoms with Crippen LogP contribution < -0.4 is 0 Å². The van der Waals surface area contributed by atoms with Gasteiger partial charge in [-0.05, 0) is 18.6 Å². The lowest BCUT2D eigenvalue weighted by Crippen LogP contribution is -2.11. The molecule has 0 saturated heterocycles. The lowest BCUT2D eigenvalue weighted by molar-refractivity contribution is -0.138. The molecule has 0 atom stereocenters. The summed E-state index contributed by atoms with van der Waals surface area (Å²) in [5.74, 6) is 1.01. The van der Waals surface area contributed by atoms with Crippen LogP contribution in [0.5, 0.6) is 0 Å². The first-order valence-corrected chi connectivity index (χ1v) is 9.02. The first-order valence-electron chi connectivity index (χ1n) is 8.04. The highest BCUT2D eigenvalue weighted by molar-refractivity contribution is 7.98. The second kappa shape index (κ2) is 7.84. The van der Waals surface area contributed by atoms with Gasteiger partial charge in [0.25, 0.3) is 0 Å². The van der Waals surface area contributed by atoms with E-state index in [9.17, 15) is 18.4 Å². The van der Waals surface area contributed by atoms with E-state index in [1.165, 1.54) is 6.92 Å². The maximum Gasteiger partial charge on any atom is 0.417 e. The van der Waals surface area contributed by atoms with Crippen LogP contribution in [0.4, 0.5) is 13.2 Å². The molecular weight excluding hydrogens is 373 g/mol. The quantitative estimate of drug-likeness (QED) is 0.588. The van der Waals surface area contributed by atoms with Gasteiger partial charge in [0.15, 0.2) is 0 Å². The Labute approximate surface area is 158 Å². The van der Waals surface area contributed by atoms with Gasteiger partial charge in [-0.25, -0.2) is 9.97 Å². The average Bonchev–Trinajstić information content (AvgIpc) is 3.06. The van der Waals surface area contributed by atoms with Gasteiger partial charge in [-0.1, -0.05) is 42.1 Å². The van der Waals surface area contributed by atoms with Gasteiger partial charge in [0.2, 0.25) is 0 Å². The molecule has 27 heavy (non-hydrogen) atoms. The average molecular weight is 388 g/mol. The molecule has 138 valence electrons. The predicted octanol–water partition coefficient (Wildman–Crippen LogP) is 4.82. The molecule has 0 saturated carbocycles. The summed E-state index contributed by atoms with van der Waals surface area (Å²) in [5.41, 5.74) is -0.0872. The van der Waals surface area contributed by atoms with Crippen molar-refractivity contribution in [2.75, 3.05) is 0 Å². The zero-order valence-corrected chi connectivity index (χ0v) is 15.2. The predicted molar refractivity (Wildman–Crippen MR) is 96.0 cm³/mol. The molecule has 0 bridgehead atoms. The van der Waals surface area contributed by atoms with Crippen LogP contribution in [0.3, 0.4) is 0 Å². The fourth-order valence-corrected chi connectivity index (χ4v) is 3.63. The highest BCUT2D eigenvalue weighted by atomic mass is 32.2. The van der Waals surface area contributed by atoms with Crippen molar-refractivity contribution in [3.63, 3.8) is 0 Å². The molecule has 0 radical (unpaired) electrons. The summed E-state index contributed by atoms with van der Waals surface area (Å²) in [6.45, 7) is 2.09.